The Labute approximate surface area is 86.6 Å². The number of nitrogens with one attached hydrogen (secondary N) is 1. The van der Waals surface area contributed by atoms with Crippen molar-refractivity contribution in [1.29, 1.82) is 0 Å². The molecule has 0 bridgehead atoms. The highest BCUT2D eigenvalue weighted by atomic mass is 14.9. The van der Waals surface area contributed by atoms with Gasteiger partial charge in [-0.25, -0.2) is 0 Å². The van der Waals surface area contributed by atoms with E-state index in [1.165, 1.54) is 5.57 Å². The van der Waals surface area contributed by atoms with Gasteiger partial charge in [-0.2, -0.15) is 0 Å². The van der Waals surface area contributed by atoms with Gasteiger partial charge in [-0.3, -0.25) is 0 Å². The van der Waals surface area contributed by atoms with Gasteiger partial charge < -0.3 is 5.32 Å². The molecule has 2 unspecified atom stereocenters. The van der Waals surface area contributed by atoms with Crippen LogP contribution in [0, 0.1) is 17.8 Å². The topological polar surface area (TPSA) is 12.0 Å². The zero-order valence-electron chi connectivity index (χ0n) is 9.20. The fraction of sp³-hybridized carbons (Fsp3) is 0.538. The van der Waals surface area contributed by atoms with E-state index >= 15 is 0 Å². The van der Waals surface area contributed by atoms with Crippen molar-refractivity contribution < 1.29 is 0 Å². The van der Waals surface area contributed by atoms with Gasteiger partial charge in [-0.1, -0.05) is 45.1 Å². The molecule has 0 radical (unpaired) electrons. The molecule has 3 atom stereocenters. The molecular weight excluding hydrogens is 170 g/mol. The van der Waals surface area contributed by atoms with E-state index in [1.54, 1.807) is 0 Å². The van der Waals surface area contributed by atoms with Crippen LogP contribution < -0.4 is 5.32 Å². The molecular formula is C13H19N. The molecule has 0 aromatic heterocycles. The first-order chi connectivity index (χ1) is 6.68. The molecule has 76 valence electrons. The molecule has 1 heterocycles. The van der Waals surface area contributed by atoms with E-state index in [9.17, 15) is 0 Å². The molecule has 0 aromatic carbocycles. The molecule has 1 nitrogen and oxygen atoms in total. The molecule has 1 aliphatic carbocycles. The Bertz CT molecular complexity index is 296. The lowest BCUT2D eigenvalue weighted by atomic mass is 9.89. The van der Waals surface area contributed by atoms with E-state index < -0.39 is 0 Å². The summed E-state index contributed by atoms with van der Waals surface area (Å²) in [7, 11) is 0. The van der Waals surface area contributed by atoms with Gasteiger partial charge in [-0.15, -0.1) is 0 Å². The van der Waals surface area contributed by atoms with E-state index in [1.807, 2.05) is 0 Å². The molecule has 1 aliphatic heterocycles. The summed E-state index contributed by atoms with van der Waals surface area (Å²) in [4.78, 5) is 0. The molecule has 0 saturated carbocycles. The summed E-state index contributed by atoms with van der Waals surface area (Å²) in [5.41, 5.74) is 1.47. The summed E-state index contributed by atoms with van der Waals surface area (Å²) in [5, 5.41) is 3.39. The number of rotatable bonds is 1. The van der Waals surface area contributed by atoms with E-state index in [2.05, 4.69) is 56.6 Å². The smallest absolute Gasteiger partial charge is 0.0510 e. The van der Waals surface area contributed by atoms with Crippen molar-refractivity contribution in [2.75, 3.05) is 0 Å². The van der Waals surface area contributed by atoms with Gasteiger partial charge in [0, 0.05) is 5.92 Å². The number of allylic oxidation sites excluding steroid dienone is 3. The lowest BCUT2D eigenvalue weighted by molar-refractivity contribution is 0.462. The molecule has 1 N–H and O–H groups in total. The lowest BCUT2D eigenvalue weighted by Crippen LogP contribution is -2.26. The van der Waals surface area contributed by atoms with Gasteiger partial charge >= 0.3 is 0 Å². The molecule has 1 heteroatoms. The van der Waals surface area contributed by atoms with Crippen molar-refractivity contribution >= 4 is 0 Å². The van der Waals surface area contributed by atoms with Crippen molar-refractivity contribution in [2.45, 2.75) is 26.8 Å². The van der Waals surface area contributed by atoms with Crippen LogP contribution >= 0.6 is 0 Å². The van der Waals surface area contributed by atoms with Crippen LogP contribution in [0.25, 0.3) is 0 Å². The van der Waals surface area contributed by atoms with Crippen LogP contribution in [0.4, 0.5) is 0 Å². The number of fused-ring (bicyclic) bond motifs is 1. The van der Waals surface area contributed by atoms with Crippen LogP contribution in [0.15, 0.2) is 36.1 Å². The maximum Gasteiger partial charge on any atom is 0.0510 e. The monoisotopic (exact) mass is 189 g/mol. The van der Waals surface area contributed by atoms with E-state index in [0.29, 0.717) is 23.8 Å². The fourth-order valence-corrected chi connectivity index (χ4v) is 2.26. The van der Waals surface area contributed by atoms with Gasteiger partial charge in [-0.05, 0) is 23.6 Å². The van der Waals surface area contributed by atoms with Crippen LogP contribution in [0.1, 0.15) is 20.8 Å². The summed E-state index contributed by atoms with van der Waals surface area (Å²) in [6.07, 6.45) is 11.4. The first-order valence-corrected chi connectivity index (χ1v) is 5.51. The van der Waals surface area contributed by atoms with E-state index in [-0.39, 0.29) is 0 Å². The zero-order valence-corrected chi connectivity index (χ0v) is 9.20. The molecule has 0 aromatic rings. The van der Waals surface area contributed by atoms with Gasteiger partial charge in [0.25, 0.3) is 0 Å². The highest BCUT2D eigenvalue weighted by molar-refractivity contribution is 5.29. The van der Waals surface area contributed by atoms with Crippen molar-refractivity contribution in [2.24, 2.45) is 17.8 Å². The van der Waals surface area contributed by atoms with E-state index in [0.717, 1.165) is 0 Å². The van der Waals surface area contributed by atoms with Gasteiger partial charge in [0.05, 0.1) is 6.04 Å². The largest absolute Gasteiger partial charge is 0.384 e. The zero-order chi connectivity index (χ0) is 10.1. The van der Waals surface area contributed by atoms with E-state index in [4.69, 9.17) is 0 Å². The second-order valence-corrected chi connectivity index (χ2v) is 4.67. The first-order valence-electron chi connectivity index (χ1n) is 5.51. The third-order valence-electron chi connectivity index (χ3n) is 3.25. The summed E-state index contributed by atoms with van der Waals surface area (Å²) in [6, 6.07) is 0.512. The Balaban J connectivity index is 2.25. The molecule has 14 heavy (non-hydrogen) atoms. The molecule has 0 amide bonds. The number of hydrogen-bond acceptors (Lipinski definition) is 1. The minimum Gasteiger partial charge on any atom is -0.384 e. The van der Waals surface area contributed by atoms with Crippen molar-refractivity contribution in [3.63, 3.8) is 0 Å². The normalized spacial score (nSPS) is 35.1. The molecule has 0 fully saturated rings. The maximum atomic E-state index is 3.39. The predicted molar refractivity (Wildman–Crippen MR) is 60.8 cm³/mol. The van der Waals surface area contributed by atoms with Crippen LogP contribution in [-0.2, 0) is 0 Å². The highest BCUT2D eigenvalue weighted by Crippen LogP contribution is 2.29. The first kappa shape index (κ1) is 9.57. The third kappa shape index (κ3) is 1.63. The summed E-state index contributed by atoms with van der Waals surface area (Å²) < 4.78 is 0. The second-order valence-electron chi connectivity index (χ2n) is 4.67. The Kier molecular flexibility index (Phi) is 2.49. The molecule has 2 rings (SSSR count). The van der Waals surface area contributed by atoms with Crippen LogP contribution in [-0.4, -0.2) is 6.04 Å². The highest BCUT2D eigenvalue weighted by Gasteiger charge is 2.26. The summed E-state index contributed by atoms with van der Waals surface area (Å²) in [6.45, 7) is 6.82. The summed E-state index contributed by atoms with van der Waals surface area (Å²) in [5.74, 6) is 1.91. The van der Waals surface area contributed by atoms with Crippen LogP contribution in [0.2, 0.25) is 0 Å². The van der Waals surface area contributed by atoms with Crippen LogP contribution in [0.5, 0.6) is 0 Å². The Morgan fingerprint density at radius 3 is 2.79 bits per heavy atom. The third-order valence-corrected chi connectivity index (χ3v) is 3.25. The minimum atomic E-state index is 0.512. The molecule has 0 spiro atoms. The molecule has 0 saturated heterocycles. The van der Waals surface area contributed by atoms with Crippen LogP contribution in [0.3, 0.4) is 0 Å². The minimum absolute atomic E-state index is 0.512. The Morgan fingerprint density at radius 2 is 2.07 bits per heavy atom. The van der Waals surface area contributed by atoms with Gasteiger partial charge in [0.15, 0.2) is 0 Å². The number of hydrogen-bond donors (Lipinski definition) is 1. The van der Waals surface area contributed by atoms with Gasteiger partial charge in [0.2, 0.25) is 0 Å². The van der Waals surface area contributed by atoms with Gasteiger partial charge in [0.1, 0.15) is 0 Å². The Morgan fingerprint density at radius 1 is 1.29 bits per heavy atom. The maximum absolute atomic E-state index is 3.39. The predicted octanol–water partition coefficient (Wildman–Crippen LogP) is 2.88. The van der Waals surface area contributed by atoms with Crippen molar-refractivity contribution in [3.05, 3.63) is 36.1 Å². The quantitative estimate of drug-likeness (QED) is 0.669. The Hall–Kier alpha value is -0.980. The average Bonchev–Trinajstić information content (AvgIpc) is 2.54. The SMILES string of the molecule is CC(C)C1=CC(C)[C@H]2C=CNC2C=C1. The second kappa shape index (κ2) is 3.64. The lowest BCUT2D eigenvalue weighted by Gasteiger charge is -2.19. The summed E-state index contributed by atoms with van der Waals surface area (Å²) >= 11 is 0. The fourth-order valence-electron chi connectivity index (χ4n) is 2.26. The average molecular weight is 189 g/mol. The van der Waals surface area contributed by atoms with Crippen molar-refractivity contribution in [3.8, 4) is 0 Å². The molecule has 2 aliphatic rings. The van der Waals surface area contributed by atoms with Crippen molar-refractivity contribution in [1.82, 2.24) is 5.32 Å². The standard InChI is InChI=1S/C13H19N/c1-9(2)11-4-5-13-12(6-7-14-13)10(3)8-11/h4-10,12-14H,1-3H3/t10?,12-,13?/m1/s1.